The van der Waals surface area contributed by atoms with Crippen LogP contribution in [0.5, 0.6) is 0 Å². The van der Waals surface area contributed by atoms with Gasteiger partial charge in [-0.3, -0.25) is 4.98 Å². The predicted octanol–water partition coefficient (Wildman–Crippen LogP) is 3.57. The van der Waals surface area contributed by atoms with Gasteiger partial charge in [-0.25, -0.2) is 0 Å². The molecule has 1 unspecified atom stereocenters. The van der Waals surface area contributed by atoms with Crippen LogP contribution >= 0.6 is 0 Å². The zero-order chi connectivity index (χ0) is 12.6. The van der Waals surface area contributed by atoms with E-state index in [1.165, 1.54) is 44.1 Å². The first-order valence-electron chi connectivity index (χ1n) is 7.50. The molecule has 1 fully saturated rings. The van der Waals surface area contributed by atoms with Crippen LogP contribution in [0.3, 0.4) is 0 Å². The van der Waals surface area contributed by atoms with Gasteiger partial charge in [0.2, 0.25) is 0 Å². The molecule has 18 heavy (non-hydrogen) atoms. The van der Waals surface area contributed by atoms with Crippen molar-refractivity contribution in [3.63, 3.8) is 0 Å². The van der Waals surface area contributed by atoms with E-state index >= 15 is 0 Å². The van der Waals surface area contributed by atoms with Crippen LogP contribution in [0.2, 0.25) is 0 Å². The van der Waals surface area contributed by atoms with E-state index in [9.17, 15) is 0 Å². The third-order valence-electron chi connectivity index (χ3n) is 4.01. The van der Waals surface area contributed by atoms with Crippen LogP contribution in [0.1, 0.15) is 51.0 Å². The molecule has 0 aromatic carbocycles. The van der Waals surface area contributed by atoms with Gasteiger partial charge in [0.25, 0.3) is 0 Å². The van der Waals surface area contributed by atoms with Crippen molar-refractivity contribution in [1.82, 2.24) is 10.3 Å². The molecule has 2 heteroatoms. The van der Waals surface area contributed by atoms with E-state index in [1.807, 2.05) is 12.4 Å². The van der Waals surface area contributed by atoms with Gasteiger partial charge in [0, 0.05) is 18.4 Å². The Hall–Kier alpha value is -0.890. The Morgan fingerprint density at radius 1 is 1.28 bits per heavy atom. The Balaban J connectivity index is 1.87. The second-order valence-electron chi connectivity index (χ2n) is 5.60. The van der Waals surface area contributed by atoms with Gasteiger partial charge >= 0.3 is 0 Å². The summed E-state index contributed by atoms with van der Waals surface area (Å²) in [7, 11) is 0. The number of nitrogens with zero attached hydrogens (tertiary/aromatic N) is 1. The number of pyridine rings is 1. The van der Waals surface area contributed by atoms with Crippen molar-refractivity contribution in [2.75, 3.05) is 6.54 Å². The summed E-state index contributed by atoms with van der Waals surface area (Å²) in [6, 6.07) is 4.94. The lowest BCUT2D eigenvalue weighted by atomic mass is 9.94. The third kappa shape index (κ3) is 4.41. The molecule has 0 amide bonds. The molecule has 2 nitrogen and oxygen atoms in total. The van der Waals surface area contributed by atoms with Gasteiger partial charge < -0.3 is 5.32 Å². The van der Waals surface area contributed by atoms with E-state index in [-0.39, 0.29) is 0 Å². The molecular formula is C16H26N2. The fraction of sp³-hybridized carbons (Fsp3) is 0.688. The molecule has 100 valence electrons. The highest BCUT2D eigenvalue weighted by Gasteiger charge is 2.19. The summed E-state index contributed by atoms with van der Waals surface area (Å²) in [5.41, 5.74) is 1.41. The molecule has 0 bridgehead atoms. The molecule has 1 aliphatic carbocycles. The average Bonchev–Trinajstić information content (AvgIpc) is 2.90. The predicted molar refractivity (Wildman–Crippen MR) is 76.6 cm³/mol. The van der Waals surface area contributed by atoms with E-state index in [0.29, 0.717) is 6.04 Å². The maximum absolute atomic E-state index is 4.10. The van der Waals surface area contributed by atoms with E-state index in [1.54, 1.807) is 0 Å². The molecule has 1 aromatic rings. The summed E-state index contributed by atoms with van der Waals surface area (Å²) < 4.78 is 0. The topological polar surface area (TPSA) is 24.9 Å². The summed E-state index contributed by atoms with van der Waals surface area (Å²) in [5.74, 6) is 0.959. The maximum Gasteiger partial charge on any atom is 0.0270 e. The SMILES string of the molecule is CCCNC(Cc1ccncc1)CC1CCCC1. The van der Waals surface area contributed by atoms with E-state index < -0.39 is 0 Å². The van der Waals surface area contributed by atoms with E-state index in [4.69, 9.17) is 0 Å². The van der Waals surface area contributed by atoms with Crippen molar-refractivity contribution < 1.29 is 0 Å². The van der Waals surface area contributed by atoms with Crippen molar-refractivity contribution in [2.45, 2.75) is 57.9 Å². The molecule has 1 atom stereocenters. The van der Waals surface area contributed by atoms with Gasteiger partial charge in [0.05, 0.1) is 0 Å². The largest absolute Gasteiger partial charge is 0.314 e. The zero-order valence-corrected chi connectivity index (χ0v) is 11.6. The second-order valence-corrected chi connectivity index (χ2v) is 5.60. The van der Waals surface area contributed by atoms with Crippen LogP contribution in [-0.4, -0.2) is 17.6 Å². The van der Waals surface area contributed by atoms with Crippen LogP contribution in [0, 0.1) is 5.92 Å². The summed E-state index contributed by atoms with van der Waals surface area (Å²) in [4.78, 5) is 4.10. The van der Waals surface area contributed by atoms with Crippen LogP contribution in [0.15, 0.2) is 24.5 Å². The molecule has 1 saturated carbocycles. The Labute approximate surface area is 111 Å². The summed E-state index contributed by atoms with van der Waals surface area (Å²) >= 11 is 0. The van der Waals surface area contributed by atoms with Crippen LogP contribution in [0.25, 0.3) is 0 Å². The summed E-state index contributed by atoms with van der Waals surface area (Å²) in [6.07, 6.45) is 13.3. The Kier molecular flexibility index (Phi) is 5.66. The van der Waals surface area contributed by atoms with Gasteiger partial charge in [0.1, 0.15) is 0 Å². The minimum atomic E-state index is 0.649. The molecule has 0 radical (unpaired) electrons. The molecule has 0 aliphatic heterocycles. The second kappa shape index (κ2) is 7.52. The molecule has 0 spiro atoms. The highest BCUT2D eigenvalue weighted by molar-refractivity contribution is 5.11. The lowest BCUT2D eigenvalue weighted by Crippen LogP contribution is -2.33. The molecule has 0 saturated heterocycles. The monoisotopic (exact) mass is 246 g/mol. The van der Waals surface area contributed by atoms with Crippen LogP contribution < -0.4 is 5.32 Å². The molecule has 2 rings (SSSR count). The number of rotatable bonds is 7. The molecule has 1 heterocycles. The third-order valence-corrected chi connectivity index (χ3v) is 4.01. The molecule has 1 N–H and O–H groups in total. The van der Waals surface area contributed by atoms with Crippen LogP contribution in [0.4, 0.5) is 0 Å². The van der Waals surface area contributed by atoms with E-state index in [2.05, 4.69) is 29.4 Å². The van der Waals surface area contributed by atoms with E-state index in [0.717, 1.165) is 18.9 Å². The fourth-order valence-electron chi connectivity index (χ4n) is 3.04. The average molecular weight is 246 g/mol. The van der Waals surface area contributed by atoms with Crippen molar-refractivity contribution in [1.29, 1.82) is 0 Å². The fourth-order valence-corrected chi connectivity index (χ4v) is 3.04. The smallest absolute Gasteiger partial charge is 0.0270 e. The van der Waals surface area contributed by atoms with Crippen molar-refractivity contribution in [3.8, 4) is 0 Å². The van der Waals surface area contributed by atoms with Gasteiger partial charge in [0.15, 0.2) is 0 Å². The molecule has 1 aliphatic rings. The maximum atomic E-state index is 4.10. The lowest BCUT2D eigenvalue weighted by Gasteiger charge is -2.22. The Morgan fingerprint density at radius 3 is 2.67 bits per heavy atom. The first kappa shape index (κ1) is 13.5. The summed E-state index contributed by atoms with van der Waals surface area (Å²) in [5, 5.41) is 3.72. The quantitative estimate of drug-likeness (QED) is 0.795. The number of hydrogen-bond acceptors (Lipinski definition) is 2. The van der Waals surface area contributed by atoms with Gasteiger partial charge in [-0.2, -0.15) is 0 Å². The zero-order valence-electron chi connectivity index (χ0n) is 11.6. The van der Waals surface area contributed by atoms with Crippen molar-refractivity contribution >= 4 is 0 Å². The minimum absolute atomic E-state index is 0.649. The first-order chi connectivity index (χ1) is 8.88. The normalized spacial score (nSPS) is 18.1. The van der Waals surface area contributed by atoms with Crippen molar-refractivity contribution in [3.05, 3.63) is 30.1 Å². The first-order valence-corrected chi connectivity index (χ1v) is 7.50. The van der Waals surface area contributed by atoms with Gasteiger partial charge in [-0.15, -0.1) is 0 Å². The Morgan fingerprint density at radius 2 is 2.00 bits per heavy atom. The standard InChI is InChI=1S/C16H26N2/c1-2-9-18-16(12-14-5-3-4-6-14)13-15-7-10-17-11-8-15/h7-8,10-11,14,16,18H,2-6,9,12-13H2,1H3. The van der Waals surface area contributed by atoms with Crippen molar-refractivity contribution in [2.24, 2.45) is 5.92 Å². The number of nitrogens with one attached hydrogen (secondary N) is 1. The lowest BCUT2D eigenvalue weighted by molar-refractivity contribution is 0.385. The molecular weight excluding hydrogens is 220 g/mol. The van der Waals surface area contributed by atoms with Gasteiger partial charge in [-0.05, 0) is 49.4 Å². The summed E-state index contributed by atoms with van der Waals surface area (Å²) in [6.45, 7) is 3.38. The number of hydrogen-bond donors (Lipinski definition) is 1. The van der Waals surface area contributed by atoms with Gasteiger partial charge in [-0.1, -0.05) is 32.6 Å². The van der Waals surface area contributed by atoms with Crippen LogP contribution in [-0.2, 0) is 6.42 Å². The number of aromatic nitrogens is 1. The molecule has 1 aromatic heterocycles. The minimum Gasteiger partial charge on any atom is -0.314 e. The highest BCUT2D eigenvalue weighted by Crippen LogP contribution is 2.29. The Bertz CT molecular complexity index is 317. The highest BCUT2D eigenvalue weighted by atomic mass is 14.9.